The average molecular weight is 513 g/mol. The molecule has 0 aromatic heterocycles. The van der Waals surface area contributed by atoms with Crippen molar-refractivity contribution in [3.05, 3.63) is 64.9 Å². The molecule has 0 fully saturated rings. The molecule has 11 heteroatoms. The molecule has 3 N–H and O–H groups in total. The second-order valence-corrected chi connectivity index (χ2v) is 8.44. The van der Waals surface area contributed by atoms with E-state index in [1.807, 2.05) is 30.5 Å². The molecule has 0 saturated heterocycles. The van der Waals surface area contributed by atoms with Gasteiger partial charge in [0.05, 0.1) is 31.5 Å². The van der Waals surface area contributed by atoms with E-state index in [1.165, 1.54) is 7.11 Å². The van der Waals surface area contributed by atoms with Gasteiger partial charge in [0.25, 0.3) is 5.91 Å². The maximum Gasteiger partial charge on any atom is 0.338 e. The monoisotopic (exact) mass is 512 g/mol. The summed E-state index contributed by atoms with van der Waals surface area (Å²) in [5.41, 5.74) is 4.54. The van der Waals surface area contributed by atoms with Crippen molar-refractivity contribution in [1.29, 1.82) is 0 Å². The number of amides is 3. The molecule has 0 spiro atoms. The van der Waals surface area contributed by atoms with E-state index in [-0.39, 0.29) is 18.8 Å². The van der Waals surface area contributed by atoms with Crippen molar-refractivity contribution < 1.29 is 28.6 Å². The SMILES string of the molecule is CCOC(=O)C1=C(C)NC(=O)N[C@@H]1c1ccc(OCC(=O)N/N=C\c2ccc(SC)cc2)c(OC)c1. The molecule has 0 saturated carbocycles. The molecule has 3 rings (SSSR count). The standard InChI is InChI=1S/C25H28N4O6S/c1-5-34-24(31)22-15(2)27-25(32)28-23(22)17-8-11-19(20(12-17)33-3)35-14-21(30)29-26-13-16-6-9-18(36-4)10-7-16/h6-13,23H,5,14H2,1-4H3,(H,29,30)(H2,27,28,32)/b26-13-/t23-/m1/s1. The molecule has 2 aromatic carbocycles. The number of nitrogens with zero attached hydrogens (tertiary/aromatic N) is 1. The van der Waals surface area contributed by atoms with Crippen LogP contribution in [0.4, 0.5) is 4.79 Å². The molecular weight excluding hydrogens is 484 g/mol. The van der Waals surface area contributed by atoms with E-state index in [0.29, 0.717) is 22.8 Å². The third kappa shape index (κ3) is 6.79. The molecule has 1 heterocycles. The number of hydrogen-bond donors (Lipinski definition) is 3. The van der Waals surface area contributed by atoms with E-state index in [4.69, 9.17) is 14.2 Å². The van der Waals surface area contributed by atoms with E-state index in [1.54, 1.807) is 50.0 Å². The van der Waals surface area contributed by atoms with Crippen molar-refractivity contribution in [1.82, 2.24) is 16.1 Å². The van der Waals surface area contributed by atoms with Gasteiger partial charge in [-0.05, 0) is 55.5 Å². The van der Waals surface area contributed by atoms with Crippen LogP contribution in [0, 0.1) is 0 Å². The summed E-state index contributed by atoms with van der Waals surface area (Å²) >= 11 is 1.64. The Balaban J connectivity index is 1.67. The summed E-state index contributed by atoms with van der Waals surface area (Å²) in [5.74, 6) is -0.353. The summed E-state index contributed by atoms with van der Waals surface area (Å²) in [6.45, 7) is 3.24. The number of benzene rings is 2. The Morgan fingerprint density at radius 1 is 1.17 bits per heavy atom. The molecule has 0 unspecified atom stereocenters. The maximum absolute atomic E-state index is 12.5. The van der Waals surface area contributed by atoms with E-state index in [0.717, 1.165) is 10.5 Å². The lowest BCUT2D eigenvalue weighted by molar-refractivity contribution is -0.139. The second kappa shape index (κ2) is 12.6. The average Bonchev–Trinajstić information content (AvgIpc) is 2.87. The summed E-state index contributed by atoms with van der Waals surface area (Å²) in [7, 11) is 1.45. The van der Waals surface area contributed by atoms with Crippen LogP contribution in [0.25, 0.3) is 0 Å². The first kappa shape index (κ1) is 26.6. The Bertz CT molecular complexity index is 1180. The third-order valence-corrected chi connectivity index (χ3v) is 5.91. The number of hydrogen-bond acceptors (Lipinski definition) is 8. The summed E-state index contributed by atoms with van der Waals surface area (Å²) in [4.78, 5) is 37.9. The van der Waals surface area contributed by atoms with Gasteiger partial charge >= 0.3 is 12.0 Å². The van der Waals surface area contributed by atoms with E-state index in [9.17, 15) is 14.4 Å². The van der Waals surface area contributed by atoms with Gasteiger partial charge in [-0.1, -0.05) is 18.2 Å². The number of thioether (sulfide) groups is 1. The number of nitrogens with one attached hydrogen (secondary N) is 3. The Morgan fingerprint density at radius 2 is 1.92 bits per heavy atom. The van der Waals surface area contributed by atoms with Crippen LogP contribution in [-0.4, -0.2) is 50.7 Å². The quantitative estimate of drug-likeness (QED) is 0.193. The van der Waals surface area contributed by atoms with Gasteiger partial charge in [-0.2, -0.15) is 5.10 Å². The van der Waals surface area contributed by atoms with Crippen LogP contribution in [0.1, 0.15) is 31.0 Å². The van der Waals surface area contributed by atoms with Gasteiger partial charge < -0.3 is 24.8 Å². The highest BCUT2D eigenvalue weighted by Gasteiger charge is 2.32. The Labute approximate surface area is 213 Å². The van der Waals surface area contributed by atoms with Crippen molar-refractivity contribution in [2.75, 3.05) is 26.6 Å². The highest BCUT2D eigenvalue weighted by molar-refractivity contribution is 7.98. The molecule has 1 aliphatic heterocycles. The summed E-state index contributed by atoms with van der Waals surface area (Å²) in [6, 6.07) is 11.5. The fourth-order valence-electron chi connectivity index (χ4n) is 3.45. The fourth-order valence-corrected chi connectivity index (χ4v) is 3.86. The molecule has 190 valence electrons. The number of hydrazone groups is 1. The van der Waals surface area contributed by atoms with Crippen LogP contribution in [0.15, 0.2) is 63.7 Å². The first-order valence-electron chi connectivity index (χ1n) is 11.1. The maximum atomic E-state index is 12.5. The van der Waals surface area contributed by atoms with Gasteiger partial charge in [0, 0.05) is 10.6 Å². The van der Waals surface area contributed by atoms with E-state index >= 15 is 0 Å². The molecule has 3 amide bonds. The minimum atomic E-state index is -0.747. The van der Waals surface area contributed by atoms with Gasteiger partial charge in [0.15, 0.2) is 18.1 Å². The summed E-state index contributed by atoms with van der Waals surface area (Å²) in [6.07, 6.45) is 3.54. The smallest absolute Gasteiger partial charge is 0.338 e. The number of urea groups is 1. The number of carbonyl (C=O) groups is 3. The number of esters is 1. The topological polar surface area (TPSA) is 127 Å². The minimum Gasteiger partial charge on any atom is -0.493 e. The van der Waals surface area contributed by atoms with Gasteiger partial charge in [-0.3, -0.25) is 4.79 Å². The molecule has 2 aromatic rings. The lowest BCUT2D eigenvalue weighted by Crippen LogP contribution is -2.45. The van der Waals surface area contributed by atoms with Crippen LogP contribution in [-0.2, 0) is 14.3 Å². The van der Waals surface area contributed by atoms with Crippen LogP contribution in [0.5, 0.6) is 11.5 Å². The zero-order chi connectivity index (χ0) is 26.1. The van der Waals surface area contributed by atoms with E-state index in [2.05, 4.69) is 21.2 Å². The minimum absolute atomic E-state index is 0.197. The molecule has 1 atom stereocenters. The Hall–Kier alpha value is -3.99. The largest absolute Gasteiger partial charge is 0.493 e. The summed E-state index contributed by atoms with van der Waals surface area (Å²) < 4.78 is 16.2. The Kier molecular flexibility index (Phi) is 9.34. The highest BCUT2D eigenvalue weighted by Crippen LogP contribution is 2.34. The van der Waals surface area contributed by atoms with Crippen LogP contribution in [0.2, 0.25) is 0 Å². The Morgan fingerprint density at radius 3 is 2.58 bits per heavy atom. The first-order valence-corrected chi connectivity index (χ1v) is 12.3. The zero-order valence-electron chi connectivity index (χ0n) is 20.4. The predicted octanol–water partition coefficient (Wildman–Crippen LogP) is 3.14. The number of methoxy groups -OCH3 is 1. The van der Waals surface area contributed by atoms with Crippen LogP contribution >= 0.6 is 11.8 Å². The number of rotatable bonds is 10. The lowest BCUT2D eigenvalue weighted by atomic mass is 9.95. The van der Waals surface area contributed by atoms with Gasteiger partial charge in [0.2, 0.25) is 0 Å². The molecule has 36 heavy (non-hydrogen) atoms. The van der Waals surface area contributed by atoms with Crippen LogP contribution in [0.3, 0.4) is 0 Å². The molecule has 1 aliphatic rings. The van der Waals surface area contributed by atoms with Crippen molar-refractivity contribution in [3.8, 4) is 11.5 Å². The summed E-state index contributed by atoms with van der Waals surface area (Å²) in [5, 5.41) is 9.26. The molecule has 10 nitrogen and oxygen atoms in total. The van der Waals surface area contributed by atoms with Crippen molar-refractivity contribution in [2.24, 2.45) is 5.10 Å². The van der Waals surface area contributed by atoms with Gasteiger partial charge in [-0.25, -0.2) is 15.0 Å². The number of ether oxygens (including phenoxy) is 3. The van der Waals surface area contributed by atoms with Crippen molar-refractivity contribution in [2.45, 2.75) is 24.8 Å². The first-order chi connectivity index (χ1) is 17.4. The molecule has 0 aliphatic carbocycles. The third-order valence-electron chi connectivity index (χ3n) is 5.16. The number of carbonyl (C=O) groups excluding carboxylic acids is 3. The highest BCUT2D eigenvalue weighted by atomic mass is 32.2. The molecule has 0 radical (unpaired) electrons. The predicted molar refractivity (Wildman–Crippen MR) is 136 cm³/mol. The number of allylic oxidation sites excluding steroid dienone is 1. The van der Waals surface area contributed by atoms with E-state index < -0.39 is 23.9 Å². The van der Waals surface area contributed by atoms with Gasteiger partial charge in [-0.15, -0.1) is 11.8 Å². The lowest BCUT2D eigenvalue weighted by Gasteiger charge is -2.28. The normalized spacial score (nSPS) is 15.2. The zero-order valence-corrected chi connectivity index (χ0v) is 21.2. The molecular formula is C25H28N4O6S. The van der Waals surface area contributed by atoms with Crippen molar-refractivity contribution in [3.63, 3.8) is 0 Å². The van der Waals surface area contributed by atoms with Crippen LogP contribution < -0.4 is 25.5 Å². The fraction of sp³-hybridized carbons (Fsp3) is 0.280. The second-order valence-electron chi connectivity index (χ2n) is 7.56. The van der Waals surface area contributed by atoms with Crippen molar-refractivity contribution >= 4 is 35.9 Å². The van der Waals surface area contributed by atoms with Gasteiger partial charge in [0.1, 0.15) is 0 Å². The molecule has 0 bridgehead atoms.